The number of nitriles is 1. The second-order valence-corrected chi connectivity index (χ2v) is 5.40. The molecular weight excluding hydrogens is 332 g/mol. The second kappa shape index (κ2) is 6.33. The third kappa shape index (κ3) is 3.56. The van der Waals surface area contributed by atoms with Crippen LogP contribution < -0.4 is 0 Å². The van der Waals surface area contributed by atoms with Gasteiger partial charge in [0.05, 0.1) is 16.6 Å². The van der Waals surface area contributed by atoms with E-state index in [4.69, 9.17) is 0 Å². The van der Waals surface area contributed by atoms with Crippen molar-refractivity contribution in [2.75, 3.05) is 0 Å². The Morgan fingerprint density at radius 1 is 1.29 bits per heavy atom. The summed E-state index contributed by atoms with van der Waals surface area (Å²) in [6, 6.07) is 14.4. The molecular formula is C16H11BrN2O2. The highest BCUT2D eigenvalue weighted by Crippen LogP contribution is 2.24. The molecule has 2 rings (SSSR count). The highest BCUT2D eigenvalue weighted by Gasteiger charge is 2.10. The molecule has 0 bridgehead atoms. The molecule has 0 radical (unpaired) electrons. The number of nitro benzene ring substituents is 1. The molecule has 0 saturated heterocycles. The molecule has 0 amide bonds. The second-order valence-electron chi connectivity index (χ2n) is 4.48. The van der Waals surface area contributed by atoms with Crippen LogP contribution in [-0.4, -0.2) is 4.92 Å². The average Bonchev–Trinajstić information content (AvgIpc) is 2.47. The van der Waals surface area contributed by atoms with Gasteiger partial charge in [-0.25, -0.2) is 0 Å². The molecule has 0 aromatic heterocycles. The summed E-state index contributed by atoms with van der Waals surface area (Å²) >= 11 is 3.34. The Balaban J connectivity index is 2.46. The summed E-state index contributed by atoms with van der Waals surface area (Å²) in [5, 5.41) is 20.2. The number of allylic oxidation sites excluding steroid dienone is 1. The van der Waals surface area contributed by atoms with Gasteiger partial charge >= 0.3 is 0 Å². The maximum atomic E-state index is 11.0. The Morgan fingerprint density at radius 2 is 1.95 bits per heavy atom. The van der Waals surface area contributed by atoms with Crippen molar-refractivity contribution in [1.82, 2.24) is 0 Å². The predicted octanol–water partition coefficient (Wildman–Crippen LogP) is 4.73. The summed E-state index contributed by atoms with van der Waals surface area (Å²) in [6.07, 6.45) is 1.65. The standard InChI is InChI=1S/C16H11BrN2O2/c1-11-2-3-12(9-16(11)19(20)21)8-14(10-18)13-4-6-15(17)7-5-13/h2-9H,1H3. The van der Waals surface area contributed by atoms with Gasteiger partial charge in [0.1, 0.15) is 0 Å². The number of hydrogen-bond acceptors (Lipinski definition) is 3. The number of nitro groups is 1. The van der Waals surface area contributed by atoms with Crippen LogP contribution in [0.1, 0.15) is 16.7 Å². The SMILES string of the molecule is Cc1ccc(C=C(C#N)c2ccc(Br)cc2)cc1[N+](=O)[O-]. The first-order valence-electron chi connectivity index (χ1n) is 6.14. The van der Waals surface area contributed by atoms with E-state index < -0.39 is 4.92 Å². The van der Waals surface area contributed by atoms with E-state index in [0.717, 1.165) is 10.0 Å². The van der Waals surface area contributed by atoms with E-state index in [2.05, 4.69) is 22.0 Å². The minimum absolute atomic E-state index is 0.0526. The van der Waals surface area contributed by atoms with Crippen LogP contribution in [-0.2, 0) is 0 Å². The van der Waals surface area contributed by atoms with Crippen molar-refractivity contribution in [3.8, 4) is 6.07 Å². The fraction of sp³-hybridized carbons (Fsp3) is 0.0625. The molecule has 0 aliphatic rings. The van der Waals surface area contributed by atoms with Crippen LogP contribution in [0.2, 0.25) is 0 Å². The lowest BCUT2D eigenvalue weighted by Crippen LogP contribution is -1.92. The van der Waals surface area contributed by atoms with Gasteiger partial charge < -0.3 is 0 Å². The Kier molecular flexibility index (Phi) is 4.51. The average molecular weight is 343 g/mol. The van der Waals surface area contributed by atoms with Crippen LogP contribution in [0, 0.1) is 28.4 Å². The summed E-state index contributed by atoms with van der Waals surface area (Å²) in [4.78, 5) is 10.5. The third-order valence-electron chi connectivity index (χ3n) is 3.02. The quantitative estimate of drug-likeness (QED) is 0.350. The van der Waals surface area contributed by atoms with Crippen molar-refractivity contribution < 1.29 is 4.92 Å². The van der Waals surface area contributed by atoms with Crippen molar-refractivity contribution >= 4 is 33.3 Å². The molecule has 0 heterocycles. The zero-order chi connectivity index (χ0) is 15.4. The minimum atomic E-state index is -0.418. The van der Waals surface area contributed by atoms with Crippen LogP contribution in [0.3, 0.4) is 0 Å². The van der Waals surface area contributed by atoms with Crippen LogP contribution >= 0.6 is 15.9 Å². The summed E-state index contributed by atoms with van der Waals surface area (Å²) in [5.41, 5.74) is 2.51. The summed E-state index contributed by atoms with van der Waals surface area (Å²) in [7, 11) is 0. The largest absolute Gasteiger partial charge is 0.272 e. The molecule has 21 heavy (non-hydrogen) atoms. The fourth-order valence-corrected chi connectivity index (χ4v) is 2.15. The molecule has 0 aliphatic carbocycles. The van der Waals surface area contributed by atoms with Gasteiger partial charge in [0.15, 0.2) is 0 Å². The Morgan fingerprint density at radius 3 is 2.52 bits per heavy atom. The monoisotopic (exact) mass is 342 g/mol. The van der Waals surface area contributed by atoms with Gasteiger partial charge in [-0.2, -0.15) is 5.26 Å². The normalized spacial score (nSPS) is 11.0. The van der Waals surface area contributed by atoms with E-state index >= 15 is 0 Å². The van der Waals surface area contributed by atoms with Gasteiger partial charge in [0, 0.05) is 16.1 Å². The molecule has 4 nitrogen and oxygen atoms in total. The lowest BCUT2D eigenvalue weighted by Gasteiger charge is -2.02. The van der Waals surface area contributed by atoms with Crippen LogP contribution in [0.15, 0.2) is 46.9 Å². The Hall–Kier alpha value is -2.45. The van der Waals surface area contributed by atoms with Gasteiger partial charge in [0.25, 0.3) is 5.69 Å². The number of rotatable bonds is 3. The third-order valence-corrected chi connectivity index (χ3v) is 3.55. The van der Waals surface area contributed by atoms with Crippen LogP contribution in [0.5, 0.6) is 0 Å². The van der Waals surface area contributed by atoms with E-state index in [1.165, 1.54) is 6.07 Å². The molecule has 0 saturated carbocycles. The van der Waals surface area contributed by atoms with E-state index in [1.807, 2.05) is 24.3 Å². The fourth-order valence-electron chi connectivity index (χ4n) is 1.89. The molecule has 0 atom stereocenters. The topological polar surface area (TPSA) is 66.9 Å². The van der Waals surface area contributed by atoms with Crippen LogP contribution in [0.25, 0.3) is 11.6 Å². The van der Waals surface area contributed by atoms with Crippen molar-refractivity contribution in [3.05, 3.63) is 73.7 Å². The first-order valence-corrected chi connectivity index (χ1v) is 6.93. The van der Waals surface area contributed by atoms with E-state index in [-0.39, 0.29) is 5.69 Å². The first-order chi connectivity index (χ1) is 10.0. The van der Waals surface area contributed by atoms with Gasteiger partial charge in [-0.05, 0) is 36.3 Å². The van der Waals surface area contributed by atoms with Crippen LogP contribution in [0.4, 0.5) is 5.69 Å². The van der Waals surface area contributed by atoms with E-state index in [0.29, 0.717) is 16.7 Å². The van der Waals surface area contributed by atoms with E-state index in [1.54, 1.807) is 25.1 Å². The molecule has 0 N–H and O–H groups in total. The molecule has 0 aliphatic heterocycles. The maximum Gasteiger partial charge on any atom is 0.272 e. The lowest BCUT2D eigenvalue weighted by atomic mass is 10.0. The van der Waals surface area contributed by atoms with Gasteiger partial charge in [-0.3, -0.25) is 10.1 Å². The van der Waals surface area contributed by atoms with Gasteiger partial charge in [-0.15, -0.1) is 0 Å². The number of aryl methyl sites for hydroxylation is 1. The summed E-state index contributed by atoms with van der Waals surface area (Å²) < 4.78 is 0.925. The Labute approximate surface area is 130 Å². The zero-order valence-corrected chi connectivity index (χ0v) is 12.8. The minimum Gasteiger partial charge on any atom is -0.258 e. The zero-order valence-electron chi connectivity index (χ0n) is 11.2. The molecule has 104 valence electrons. The molecule has 2 aromatic rings. The first kappa shape index (κ1) is 14.9. The predicted molar refractivity (Wildman–Crippen MR) is 85.5 cm³/mol. The molecule has 0 fully saturated rings. The molecule has 0 spiro atoms. The number of benzene rings is 2. The molecule has 5 heteroatoms. The smallest absolute Gasteiger partial charge is 0.258 e. The highest BCUT2D eigenvalue weighted by atomic mass is 79.9. The summed E-state index contributed by atoms with van der Waals surface area (Å²) in [6.45, 7) is 1.69. The maximum absolute atomic E-state index is 11.0. The van der Waals surface area contributed by atoms with Crippen molar-refractivity contribution in [3.63, 3.8) is 0 Å². The summed E-state index contributed by atoms with van der Waals surface area (Å²) in [5.74, 6) is 0. The number of halogens is 1. The Bertz CT molecular complexity index is 759. The lowest BCUT2D eigenvalue weighted by molar-refractivity contribution is -0.385. The van der Waals surface area contributed by atoms with Gasteiger partial charge in [-0.1, -0.05) is 40.2 Å². The van der Waals surface area contributed by atoms with Crippen molar-refractivity contribution in [2.45, 2.75) is 6.92 Å². The van der Waals surface area contributed by atoms with E-state index in [9.17, 15) is 15.4 Å². The van der Waals surface area contributed by atoms with Crippen molar-refractivity contribution in [1.29, 1.82) is 5.26 Å². The number of hydrogen-bond donors (Lipinski definition) is 0. The van der Waals surface area contributed by atoms with Crippen molar-refractivity contribution in [2.24, 2.45) is 0 Å². The molecule has 2 aromatic carbocycles. The van der Waals surface area contributed by atoms with Gasteiger partial charge in [0.2, 0.25) is 0 Å². The number of nitrogens with zero attached hydrogens (tertiary/aromatic N) is 2. The molecule has 0 unspecified atom stereocenters. The highest BCUT2D eigenvalue weighted by molar-refractivity contribution is 9.10.